The van der Waals surface area contributed by atoms with Crippen LogP contribution in [0.2, 0.25) is 0 Å². The highest BCUT2D eigenvalue weighted by Gasteiger charge is 2.12. The molecule has 0 saturated carbocycles. The molecule has 3 rings (SSSR count). The summed E-state index contributed by atoms with van der Waals surface area (Å²) >= 11 is 0. The van der Waals surface area contributed by atoms with Crippen molar-refractivity contribution >= 4 is 12.0 Å². The van der Waals surface area contributed by atoms with Crippen molar-refractivity contribution in [1.29, 1.82) is 0 Å². The van der Waals surface area contributed by atoms with E-state index in [1.807, 2.05) is 56.3 Å². The lowest BCUT2D eigenvalue weighted by Gasteiger charge is -2.13. The molecule has 2 aromatic carbocycles. The van der Waals surface area contributed by atoms with E-state index in [-0.39, 0.29) is 18.7 Å². The molecule has 0 bridgehead atoms. The maximum atomic E-state index is 12.1. The van der Waals surface area contributed by atoms with Crippen LogP contribution in [0.1, 0.15) is 31.0 Å². The lowest BCUT2D eigenvalue weighted by Crippen LogP contribution is -2.24. The van der Waals surface area contributed by atoms with Crippen molar-refractivity contribution in [1.82, 2.24) is 5.32 Å². The van der Waals surface area contributed by atoms with Crippen molar-refractivity contribution in [3.63, 3.8) is 0 Å². The lowest BCUT2D eigenvalue weighted by molar-refractivity contribution is -0.117. The Kier molecular flexibility index (Phi) is 5.23. The van der Waals surface area contributed by atoms with Gasteiger partial charge < -0.3 is 19.5 Å². The van der Waals surface area contributed by atoms with Crippen LogP contribution in [-0.4, -0.2) is 19.3 Å². The minimum atomic E-state index is -0.154. The standard InChI is InChI=1S/C20H21NO4/c1-3-23-17-8-6-16(7-9-17)14(2)21-20(22)11-5-15-4-10-18-19(12-15)25-13-24-18/h4-12,14H,3,13H2,1-2H3,(H,21,22)/b11-5+. The highest BCUT2D eigenvalue weighted by Crippen LogP contribution is 2.32. The van der Waals surface area contributed by atoms with E-state index in [0.29, 0.717) is 12.4 Å². The fourth-order valence-corrected chi connectivity index (χ4v) is 2.55. The van der Waals surface area contributed by atoms with Gasteiger partial charge in [0.25, 0.3) is 0 Å². The lowest BCUT2D eigenvalue weighted by atomic mass is 10.1. The highest BCUT2D eigenvalue weighted by molar-refractivity contribution is 5.92. The fraction of sp³-hybridized carbons (Fsp3) is 0.250. The summed E-state index contributed by atoms with van der Waals surface area (Å²) < 4.78 is 16.0. The Labute approximate surface area is 147 Å². The van der Waals surface area contributed by atoms with Crippen LogP contribution in [0.3, 0.4) is 0 Å². The molecule has 1 aliphatic rings. The first-order chi connectivity index (χ1) is 12.2. The zero-order valence-corrected chi connectivity index (χ0v) is 14.3. The number of carbonyl (C=O) groups excluding carboxylic acids is 1. The number of fused-ring (bicyclic) bond motifs is 1. The molecule has 0 radical (unpaired) electrons. The average molecular weight is 339 g/mol. The highest BCUT2D eigenvalue weighted by atomic mass is 16.7. The number of benzene rings is 2. The van der Waals surface area contributed by atoms with Gasteiger partial charge in [0.2, 0.25) is 12.7 Å². The first-order valence-electron chi connectivity index (χ1n) is 8.26. The molecule has 0 aliphatic carbocycles. The third-order valence-electron chi connectivity index (χ3n) is 3.87. The van der Waals surface area contributed by atoms with E-state index < -0.39 is 0 Å². The van der Waals surface area contributed by atoms with Crippen molar-refractivity contribution in [2.45, 2.75) is 19.9 Å². The van der Waals surface area contributed by atoms with Crippen LogP contribution in [0.4, 0.5) is 0 Å². The van der Waals surface area contributed by atoms with Gasteiger partial charge in [-0.1, -0.05) is 18.2 Å². The molecule has 0 aromatic heterocycles. The summed E-state index contributed by atoms with van der Waals surface area (Å²) in [7, 11) is 0. The summed E-state index contributed by atoms with van der Waals surface area (Å²) in [5, 5.41) is 2.95. The van der Waals surface area contributed by atoms with Crippen molar-refractivity contribution in [2.75, 3.05) is 13.4 Å². The fourth-order valence-electron chi connectivity index (χ4n) is 2.55. The van der Waals surface area contributed by atoms with E-state index in [0.717, 1.165) is 22.6 Å². The van der Waals surface area contributed by atoms with Crippen LogP contribution in [0.25, 0.3) is 6.08 Å². The SMILES string of the molecule is CCOc1ccc(C(C)NC(=O)/C=C/c2ccc3c(c2)OCO3)cc1. The molecule has 25 heavy (non-hydrogen) atoms. The Bertz CT molecular complexity index is 768. The monoisotopic (exact) mass is 339 g/mol. The van der Waals surface area contributed by atoms with Crippen molar-refractivity contribution in [2.24, 2.45) is 0 Å². The molecule has 1 N–H and O–H groups in total. The van der Waals surface area contributed by atoms with Crippen molar-refractivity contribution in [3.05, 3.63) is 59.7 Å². The van der Waals surface area contributed by atoms with Gasteiger partial charge in [-0.25, -0.2) is 0 Å². The quantitative estimate of drug-likeness (QED) is 0.815. The first-order valence-corrected chi connectivity index (χ1v) is 8.26. The molecule has 1 unspecified atom stereocenters. The molecule has 0 fully saturated rings. The van der Waals surface area contributed by atoms with Gasteiger partial charge in [0, 0.05) is 6.08 Å². The second-order valence-electron chi connectivity index (χ2n) is 5.68. The number of nitrogens with one attached hydrogen (secondary N) is 1. The molecule has 1 atom stereocenters. The van der Waals surface area contributed by atoms with Crippen LogP contribution in [-0.2, 0) is 4.79 Å². The average Bonchev–Trinajstić information content (AvgIpc) is 3.08. The van der Waals surface area contributed by atoms with E-state index >= 15 is 0 Å². The maximum Gasteiger partial charge on any atom is 0.244 e. The van der Waals surface area contributed by atoms with E-state index in [1.54, 1.807) is 6.08 Å². The normalized spacial score (nSPS) is 13.7. The number of ether oxygens (including phenoxy) is 3. The molecular formula is C20H21NO4. The third kappa shape index (κ3) is 4.32. The van der Waals surface area contributed by atoms with Gasteiger partial charge in [0.15, 0.2) is 11.5 Å². The van der Waals surface area contributed by atoms with E-state index in [1.165, 1.54) is 6.08 Å². The zero-order chi connectivity index (χ0) is 17.6. The molecule has 2 aromatic rings. The Morgan fingerprint density at radius 3 is 2.72 bits per heavy atom. The molecule has 130 valence electrons. The van der Waals surface area contributed by atoms with Gasteiger partial charge >= 0.3 is 0 Å². The van der Waals surface area contributed by atoms with Crippen molar-refractivity contribution < 1.29 is 19.0 Å². The summed E-state index contributed by atoms with van der Waals surface area (Å²) in [6, 6.07) is 13.2. The second kappa shape index (κ2) is 7.75. The summed E-state index contributed by atoms with van der Waals surface area (Å²) in [6.45, 7) is 4.77. The first kappa shape index (κ1) is 16.9. The molecule has 5 nitrogen and oxygen atoms in total. The second-order valence-corrected chi connectivity index (χ2v) is 5.68. The van der Waals surface area contributed by atoms with Gasteiger partial charge in [-0.15, -0.1) is 0 Å². The largest absolute Gasteiger partial charge is 0.494 e. The molecular weight excluding hydrogens is 318 g/mol. The molecule has 0 saturated heterocycles. The topological polar surface area (TPSA) is 56.8 Å². The zero-order valence-electron chi connectivity index (χ0n) is 14.3. The van der Waals surface area contributed by atoms with E-state index in [4.69, 9.17) is 14.2 Å². The summed E-state index contributed by atoms with van der Waals surface area (Å²) in [6.07, 6.45) is 3.27. The Morgan fingerprint density at radius 2 is 1.96 bits per heavy atom. The summed E-state index contributed by atoms with van der Waals surface area (Å²) in [4.78, 5) is 12.1. The van der Waals surface area contributed by atoms with Gasteiger partial charge in [-0.3, -0.25) is 4.79 Å². The molecule has 0 spiro atoms. The van der Waals surface area contributed by atoms with Gasteiger partial charge in [0.05, 0.1) is 12.6 Å². The van der Waals surface area contributed by atoms with Gasteiger partial charge in [0.1, 0.15) is 5.75 Å². The molecule has 1 aliphatic heterocycles. The Balaban J connectivity index is 1.57. The van der Waals surface area contributed by atoms with E-state index in [9.17, 15) is 4.79 Å². The van der Waals surface area contributed by atoms with Crippen LogP contribution in [0.5, 0.6) is 17.2 Å². The number of hydrogen-bond acceptors (Lipinski definition) is 4. The smallest absolute Gasteiger partial charge is 0.244 e. The predicted molar refractivity (Wildman–Crippen MR) is 95.8 cm³/mol. The van der Waals surface area contributed by atoms with Gasteiger partial charge in [-0.05, 0) is 55.3 Å². The molecule has 5 heteroatoms. The Morgan fingerprint density at radius 1 is 1.20 bits per heavy atom. The third-order valence-corrected chi connectivity index (χ3v) is 3.87. The van der Waals surface area contributed by atoms with Crippen LogP contribution in [0, 0.1) is 0 Å². The number of rotatable bonds is 6. The predicted octanol–water partition coefficient (Wildman–Crippen LogP) is 3.70. The minimum Gasteiger partial charge on any atom is -0.494 e. The number of hydrogen-bond donors (Lipinski definition) is 1. The minimum absolute atomic E-state index is 0.0930. The molecule has 1 heterocycles. The number of amides is 1. The van der Waals surface area contributed by atoms with Gasteiger partial charge in [-0.2, -0.15) is 0 Å². The van der Waals surface area contributed by atoms with Crippen molar-refractivity contribution in [3.8, 4) is 17.2 Å². The van der Waals surface area contributed by atoms with Crippen LogP contribution >= 0.6 is 0 Å². The molecule has 1 amide bonds. The Hall–Kier alpha value is -2.95. The number of carbonyl (C=O) groups is 1. The van der Waals surface area contributed by atoms with Crippen LogP contribution in [0.15, 0.2) is 48.5 Å². The maximum absolute atomic E-state index is 12.1. The van der Waals surface area contributed by atoms with Crippen LogP contribution < -0.4 is 19.5 Å². The summed E-state index contributed by atoms with van der Waals surface area (Å²) in [5.74, 6) is 2.10. The van der Waals surface area contributed by atoms with E-state index in [2.05, 4.69) is 5.32 Å². The summed E-state index contributed by atoms with van der Waals surface area (Å²) in [5.41, 5.74) is 1.90.